The average Bonchev–Trinajstić information content (AvgIpc) is 2.30. The third-order valence-electron chi connectivity index (χ3n) is 2.96. The number of allylic oxidation sites excluding steroid dienone is 1. The van der Waals surface area contributed by atoms with Crippen LogP contribution in [0, 0.1) is 0 Å². The van der Waals surface area contributed by atoms with Gasteiger partial charge in [-0.15, -0.1) is 0 Å². The molecule has 0 saturated heterocycles. The fourth-order valence-electron chi connectivity index (χ4n) is 1.92. The number of nitrogens with one attached hydrogen (secondary N) is 2. The summed E-state index contributed by atoms with van der Waals surface area (Å²) >= 11 is 5.21. The molecule has 0 fully saturated rings. The van der Waals surface area contributed by atoms with Gasteiger partial charge >= 0.3 is 0 Å². The fraction of sp³-hybridized carbons (Fsp3) is 0.769. The maximum atomic E-state index is 5.21. The molecule has 4 heteroatoms. The molecule has 1 rings (SSSR count). The predicted octanol–water partition coefficient (Wildman–Crippen LogP) is 1.90. The lowest BCUT2D eigenvalue weighted by Gasteiger charge is -2.15. The second kappa shape index (κ2) is 8.48. The van der Waals surface area contributed by atoms with Crippen molar-refractivity contribution in [1.82, 2.24) is 15.5 Å². The molecular formula is C13H25N3S. The third kappa shape index (κ3) is 7.34. The monoisotopic (exact) mass is 255 g/mol. The normalized spacial score (nSPS) is 15.6. The zero-order valence-corrected chi connectivity index (χ0v) is 11.9. The largest absolute Gasteiger partial charge is 0.362 e. The SMILES string of the molecule is CN(C)CCNC(=S)NCCC1=CCCCC1. The maximum Gasteiger partial charge on any atom is 0.166 e. The lowest BCUT2D eigenvalue weighted by molar-refractivity contribution is 0.412. The Kier molecular flexibility index (Phi) is 7.21. The van der Waals surface area contributed by atoms with Crippen molar-refractivity contribution in [2.45, 2.75) is 32.1 Å². The molecule has 0 bridgehead atoms. The molecule has 0 saturated carbocycles. The van der Waals surface area contributed by atoms with Gasteiger partial charge in [0.15, 0.2) is 5.11 Å². The van der Waals surface area contributed by atoms with E-state index in [9.17, 15) is 0 Å². The van der Waals surface area contributed by atoms with E-state index in [1.807, 2.05) is 0 Å². The second-order valence-electron chi connectivity index (χ2n) is 4.84. The van der Waals surface area contributed by atoms with Crippen LogP contribution in [0.3, 0.4) is 0 Å². The Morgan fingerprint density at radius 1 is 1.29 bits per heavy atom. The molecular weight excluding hydrogens is 230 g/mol. The topological polar surface area (TPSA) is 27.3 Å². The summed E-state index contributed by atoms with van der Waals surface area (Å²) in [6.07, 6.45) is 8.80. The van der Waals surface area contributed by atoms with E-state index < -0.39 is 0 Å². The number of thiocarbonyl (C=S) groups is 1. The van der Waals surface area contributed by atoms with Crippen molar-refractivity contribution in [3.05, 3.63) is 11.6 Å². The van der Waals surface area contributed by atoms with Gasteiger partial charge in [-0.3, -0.25) is 0 Å². The van der Waals surface area contributed by atoms with Crippen LogP contribution >= 0.6 is 12.2 Å². The number of likely N-dealkylation sites (N-methyl/N-ethyl adjacent to an activating group) is 1. The first-order valence-electron chi connectivity index (χ1n) is 6.53. The molecule has 0 radical (unpaired) electrons. The summed E-state index contributed by atoms with van der Waals surface area (Å²) in [6.45, 7) is 2.87. The quantitative estimate of drug-likeness (QED) is 0.560. The molecule has 1 aliphatic rings. The predicted molar refractivity (Wildman–Crippen MR) is 78.3 cm³/mol. The second-order valence-corrected chi connectivity index (χ2v) is 5.25. The summed E-state index contributed by atoms with van der Waals surface area (Å²) < 4.78 is 0. The summed E-state index contributed by atoms with van der Waals surface area (Å²) in [5.41, 5.74) is 1.60. The van der Waals surface area contributed by atoms with Gasteiger partial charge in [-0.2, -0.15) is 0 Å². The minimum atomic E-state index is 0.781. The molecule has 0 atom stereocenters. The van der Waals surface area contributed by atoms with Crippen LogP contribution in [-0.4, -0.2) is 43.7 Å². The van der Waals surface area contributed by atoms with Gasteiger partial charge in [-0.25, -0.2) is 0 Å². The number of rotatable bonds is 6. The molecule has 0 unspecified atom stereocenters. The van der Waals surface area contributed by atoms with Gasteiger partial charge in [-0.05, 0) is 58.4 Å². The van der Waals surface area contributed by atoms with Crippen LogP contribution in [0.2, 0.25) is 0 Å². The van der Waals surface area contributed by atoms with Gasteiger partial charge in [0.25, 0.3) is 0 Å². The van der Waals surface area contributed by atoms with Crippen LogP contribution in [0.15, 0.2) is 11.6 Å². The summed E-state index contributed by atoms with van der Waals surface area (Å²) in [6, 6.07) is 0. The molecule has 0 amide bonds. The molecule has 0 spiro atoms. The summed E-state index contributed by atoms with van der Waals surface area (Å²) in [7, 11) is 4.13. The van der Waals surface area contributed by atoms with Gasteiger partial charge in [-0.1, -0.05) is 11.6 Å². The highest BCUT2D eigenvalue weighted by Crippen LogP contribution is 2.19. The van der Waals surface area contributed by atoms with Crippen molar-refractivity contribution in [1.29, 1.82) is 0 Å². The number of nitrogens with zero attached hydrogens (tertiary/aromatic N) is 1. The average molecular weight is 255 g/mol. The minimum absolute atomic E-state index is 0.781. The fourth-order valence-corrected chi connectivity index (χ4v) is 2.13. The summed E-state index contributed by atoms with van der Waals surface area (Å²) in [5.74, 6) is 0. The Bertz CT molecular complexity index is 261. The number of hydrogen-bond donors (Lipinski definition) is 2. The van der Waals surface area contributed by atoms with E-state index in [0.29, 0.717) is 0 Å². The highest BCUT2D eigenvalue weighted by atomic mass is 32.1. The summed E-state index contributed by atoms with van der Waals surface area (Å²) in [4.78, 5) is 2.14. The van der Waals surface area contributed by atoms with E-state index in [4.69, 9.17) is 12.2 Å². The van der Waals surface area contributed by atoms with Crippen LogP contribution in [0.25, 0.3) is 0 Å². The van der Waals surface area contributed by atoms with E-state index in [1.54, 1.807) is 5.57 Å². The first-order valence-corrected chi connectivity index (χ1v) is 6.93. The van der Waals surface area contributed by atoms with Crippen molar-refractivity contribution >= 4 is 17.3 Å². The van der Waals surface area contributed by atoms with Gasteiger partial charge in [0.1, 0.15) is 0 Å². The zero-order valence-electron chi connectivity index (χ0n) is 11.1. The molecule has 98 valence electrons. The Labute approximate surface area is 111 Å². The van der Waals surface area contributed by atoms with Gasteiger partial charge in [0, 0.05) is 19.6 Å². The Morgan fingerprint density at radius 2 is 2.06 bits per heavy atom. The highest BCUT2D eigenvalue weighted by Gasteiger charge is 2.03. The van der Waals surface area contributed by atoms with Crippen molar-refractivity contribution < 1.29 is 0 Å². The lowest BCUT2D eigenvalue weighted by atomic mass is 9.97. The molecule has 3 nitrogen and oxygen atoms in total. The zero-order chi connectivity index (χ0) is 12.5. The molecule has 0 heterocycles. The molecule has 0 aromatic rings. The Hall–Kier alpha value is -0.610. The van der Waals surface area contributed by atoms with Crippen LogP contribution in [-0.2, 0) is 0 Å². The molecule has 17 heavy (non-hydrogen) atoms. The molecule has 0 aromatic carbocycles. The van der Waals surface area contributed by atoms with E-state index in [1.165, 1.54) is 25.7 Å². The van der Waals surface area contributed by atoms with Crippen LogP contribution in [0.1, 0.15) is 32.1 Å². The molecule has 0 aromatic heterocycles. The first kappa shape index (κ1) is 14.5. The van der Waals surface area contributed by atoms with Crippen LogP contribution < -0.4 is 10.6 Å². The smallest absolute Gasteiger partial charge is 0.166 e. The Morgan fingerprint density at radius 3 is 2.71 bits per heavy atom. The third-order valence-corrected chi connectivity index (χ3v) is 3.25. The van der Waals surface area contributed by atoms with Crippen molar-refractivity contribution in [3.8, 4) is 0 Å². The van der Waals surface area contributed by atoms with Gasteiger partial charge in [0.05, 0.1) is 0 Å². The van der Waals surface area contributed by atoms with Crippen molar-refractivity contribution in [3.63, 3.8) is 0 Å². The summed E-state index contributed by atoms with van der Waals surface area (Å²) in [5, 5.41) is 7.26. The van der Waals surface area contributed by atoms with Gasteiger partial charge < -0.3 is 15.5 Å². The Balaban J connectivity index is 2.01. The van der Waals surface area contributed by atoms with E-state index >= 15 is 0 Å². The van der Waals surface area contributed by atoms with Crippen LogP contribution in [0.5, 0.6) is 0 Å². The maximum absolute atomic E-state index is 5.21. The molecule has 2 N–H and O–H groups in total. The molecule has 0 aliphatic heterocycles. The lowest BCUT2D eigenvalue weighted by Crippen LogP contribution is -2.39. The standard InChI is InChI=1S/C13H25N3S/c1-16(2)11-10-15-13(17)14-9-8-12-6-4-3-5-7-12/h6H,3-5,7-11H2,1-2H3,(H2,14,15,17). The van der Waals surface area contributed by atoms with E-state index in [-0.39, 0.29) is 0 Å². The van der Waals surface area contributed by atoms with E-state index in [2.05, 4.69) is 35.7 Å². The highest BCUT2D eigenvalue weighted by molar-refractivity contribution is 7.80. The van der Waals surface area contributed by atoms with Crippen LogP contribution in [0.4, 0.5) is 0 Å². The van der Waals surface area contributed by atoms with Crippen molar-refractivity contribution in [2.75, 3.05) is 33.7 Å². The first-order chi connectivity index (χ1) is 8.18. The number of hydrogen-bond acceptors (Lipinski definition) is 2. The molecule has 1 aliphatic carbocycles. The van der Waals surface area contributed by atoms with Crippen molar-refractivity contribution in [2.24, 2.45) is 0 Å². The van der Waals surface area contributed by atoms with E-state index in [0.717, 1.165) is 31.2 Å². The minimum Gasteiger partial charge on any atom is -0.362 e. The van der Waals surface area contributed by atoms with Gasteiger partial charge in [0.2, 0.25) is 0 Å².